The summed E-state index contributed by atoms with van der Waals surface area (Å²) < 4.78 is 6.47. The zero-order chi connectivity index (χ0) is 34.1. The molecule has 0 amide bonds. The number of carboxylic acid groups (broad SMARTS) is 1. The number of H-pyrrole nitrogens is 1. The molecule has 1 aliphatic carbocycles. The number of fused-ring (bicyclic) bond motifs is 2. The van der Waals surface area contributed by atoms with E-state index in [0.717, 1.165) is 37.4 Å². The SMILES string of the molecule is CCCCCc1ccc(Oc2cc(Sc3ccccc3C(=O)O)c3c4c(c(C(=O)c5ccccc5)c(=O)[nH]c24)-c2ccccc2C3=O)cc1. The van der Waals surface area contributed by atoms with Gasteiger partial charge >= 0.3 is 5.97 Å². The average molecular weight is 666 g/mol. The van der Waals surface area contributed by atoms with E-state index >= 15 is 0 Å². The van der Waals surface area contributed by atoms with E-state index in [9.17, 15) is 24.3 Å². The number of carbonyl (C=O) groups excluding carboxylic acids is 2. The van der Waals surface area contributed by atoms with E-state index < -0.39 is 17.3 Å². The number of aryl methyl sites for hydroxylation is 1. The molecule has 7 nitrogen and oxygen atoms in total. The maximum Gasteiger partial charge on any atom is 0.336 e. The minimum Gasteiger partial charge on any atom is -0.478 e. The standard InChI is InChI=1S/C41H31NO6S/c1-2-3-5-12-24-19-21-26(22-20-24)48-30-23-32(49-31-18-11-10-17-29(31)41(46)47)34-35-33(27-15-8-9-16-28(27)39(34)44)36(40(45)42-37(30)35)38(43)25-13-6-4-7-14-25/h4,6-11,13-23H,2-3,5,12H2,1H3,(H,42,45)(H,46,47). The number of ketones is 2. The lowest BCUT2D eigenvalue weighted by atomic mass is 9.80. The molecule has 0 aliphatic heterocycles. The molecule has 0 saturated carbocycles. The molecule has 1 aromatic heterocycles. The first kappa shape index (κ1) is 31.8. The van der Waals surface area contributed by atoms with Crippen LogP contribution in [0.15, 0.2) is 124 Å². The van der Waals surface area contributed by atoms with Gasteiger partial charge in [-0.05, 0) is 54.3 Å². The zero-order valence-corrected chi connectivity index (χ0v) is 27.4. The number of benzene rings is 5. The van der Waals surface area contributed by atoms with E-state index in [-0.39, 0.29) is 33.7 Å². The van der Waals surface area contributed by atoms with Crippen molar-refractivity contribution in [3.05, 3.63) is 153 Å². The van der Waals surface area contributed by atoms with Gasteiger partial charge in [0.15, 0.2) is 17.3 Å². The van der Waals surface area contributed by atoms with Crippen LogP contribution >= 0.6 is 11.8 Å². The minimum absolute atomic E-state index is 0.0752. The van der Waals surface area contributed by atoms with Gasteiger partial charge in [-0.1, -0.05) is 110 Å². The predicted molar refractivity (Wildman–Crippen MR) is 191 cm³/mol. The number of aromatic amines is 1. The molecule has 1 aliphatic rings. The molecule has 0 saturated heterocycles. The van der Waals surface area contributed by atoms with Crippen LogP contribution in [0, 0.1) is 0 Å². The van der Waals surface area contributed by atoms with E-state index in [4.69, 9.17) is 4.74 Å². The van der Waals surface area contributed by atoms with Crippen LogP contribution in [-0.4, -0.2) is 27.6 Å². The molecule has 8 heteroatoms. The lowest BCUT2D eigenvalue weighted by molar-refractivity contribution is 0.0692. The van der Waals surface area contributed by atoms with Crippen molar-refractivity contribution in [1.29, 1.82) is 0 Å². The van der Waals surface area contributed by atoms with E-state index in [2.05, 4.69) is 11.9 Å². The van der Waals surface area contributed by atoms with Crippen LogP contribution in [0.25, 0.3) is 22.0 Å². The molecule has 5 aromatic carbocycles. The third-order valence-corrected chi connectivity index (χ3v) is 9.83. The highest BCUT2D eigenvalue weighted by molar-refractivity contribution is 7.99. The Labute approximate surface area is 286 Å². The summed E-state index contributed by atoms with van der Waals surface area (Å²) in [4.78, 5) is 58.5. The Morgan fingerprint density at radius 2 is 1.47 bits per heavy atom. The second-order valence-corrected chi connectivity index (χ2v) is 13.0. The average Bonchev–Trinajstić information content (AvgIpc) is 3.12. The highest BCUT2D eigenvalue weighted by atomic mass is 32.2. The van der Waals surface area contributed by atoms with Crippen molar-refractivity contribution < 1.29 is 24.2 Å². The quantitative estimate of drug-likeness (QED) is 0.105. The fourth-order valence-electron chi connectivity index (χ4n) is 6.34. The molecule has 242 valence electrons. The zero-order valence-electron chi connectivity index (χ0n) is 26.6. The van der Waals surface area contributed by atoms with Crippen LogP contribution in [0.5, 0.6) is 11.5 Å². The highest BCUT2D eigenvalue weighted by Crippen LogP contribution is 2.48. The number of rotatable bonds is 11. The maximum atomic E-state index is 14.4. The molecule has 0 atom stereocenters. The van der Waals surface area contributed by atoms with Crippen LogP contribution in [0.1, 0.15) is 74.0 Å². The van der Waals surface area contributed by atoms with Crippen LogP contribution in [-0.2, 0) is 6.42 Å². The van der Waals surface area contributed by atoms with Crippen LogP contribution < -0.4 is 10.3 Å². The minimum atomic E-state index is -1.11. The summed E-state index contributed by atoms with van der Waals surface area (Å²) in [5.41, 5.74) is 2.55. The van der Waals surface area contributed by atoms with Gasteiger partial charge in [0.05, 0.1) is 16.6 Å². The number of pyridine rings is 1. The van der Waals surface area contributed by atoms with Crippen molar-refractivity contribution in [3.8, 4) is 22.6 Å². The topological polar surface area (TPSA) is 114 Å². The van der Waals surface area contributed by atoms with Crippen molar-refractivity contribution in [1.82, 2.24) is 4.98 Å². The molecular formula is C41H31NO6S. The van der Waals surface area contributed by atoms with Gasteiger partial charge in [0.2, 0.25) is 0 Å². The lowest BCUT2D eigenvalue weighted by Crippen LogP contribution is -2.24. The number of ether oxygens (including phenoxy) is 1. The van der Waals surface area contributed by atoms with E-state index in [1.54, 1.807) is 78.9 Å². The molecule has 0 unspecified atom stereocenters. The van der Waals surface area contributed by atoms with Gasteiger partial charge < -0.3 is 14.8 Å². The van der Waals surface area contributed by atoms with E-state index in [1.807, 2.05) is 24.3 Å². The normalized spacial score (nSPS) is 11.7. The Bertz CT molecular complexity index is 2330. The molecule has 6 aromatic rings. The first-order valence-corrected chi connectivity index (χ1v) is 16.9. The Morgan fingerprint density at radius 1 is 0.776 bits per heavy atom. The predicted octanol–water partition coefficient (Wildman–Crippen LogP) is 9.34. The molecule has 0 spiro atoms. The third kappa shape index (κ3) is 5.96. The maximum absolute atomic E-state index is 14.4. The summed E-state index contributed by atoms with van der Waals surface area (Å²) in [6.07, 6.45) is 4.32. The van der Waals surface area contributed by atoms with Crippen molar-refractivity contribution in [2.24, 2.45) is 0 Å². The second-order valence-electron chi connectivity index (χ2n) is 11.9. The van der Waals surface area contributed by atoms with Crippen LogP contribution in [0.4, 0.5) is 0 Å². The summed E-state index contributed by atoms with van der Waals surface area (Å²) in [5, 5.41) is 10.3. The summed E-state index contributed by atoms with van der Waals surface area (Å²) in [6, 6.07) is 31.4. The van der Waals surface area contributed by atoms with Gasteiger partial charge in [-0.3, -0.25) is 14.4 Å². The highest BCUT2D eigenvalue weighted by Gasteiger charge is 2.35. The molecule has 2 N–H and O–H groups in total. The van der Waals surface area contributed by atoms with Crippen molar-refractivity contribution >= 4 is 40.2 Å². The molecule has 7 rings (SSSR count). The van der Waals surface area contributed by atoms with Crippen LogP contribution in [0.2, 0.25) is 0 Å². The number of aromatic nitrogens is 1. The van der Waals surface area contributed by atoms with Gasteiger partial charge in [0.1, 0.15) is 5.75 Å². The van der Waals surface area contributed by atoms with E-state index in [0.29, 0.717) is 43.2 Å². The molecule has 0 bridgehead atoms. The number of unbranched alkanes of at least 4 members (excludes halogenated alkanes) is 2. The first-order chi connectivity index (χ1) is 23.9. The largest absolute Gasteiger partial charge is 0.478 e. The van der Waals surface area contributed by atoms with Crippen molar-refractivity contribution in [2.75, 3.05) is 0 Å². The molecular weight excluding hydrogens is 635 g/mol. The Hall–Kier alpha value is -5.73. The van der Waals surface area contributed by atoms with Crippen molar-refractivity contribution in [2.45, 2.75) is 42.4 Å². The number of hydrogen-bond acceptors (Lipinski definition) is 6. The van der Waals surface area contributed by atoms with Gasteiger partial charge in [-0.2, -0.15) is 0 Å². The third-order valence-electron chi connectivity index (χ3n) is 8.71. The number of nitrogens with one attached hydrogen (secondary N) is 1. The number of aromatic carboxylic acids is 1. The summed E-state index contributed by atoms with van der Waals surface area (Å²) in [6.45, 7) is 2.17. The van der Waals surface area contributed by atoms with Gasteiger partial charge in [-0.25, -0.2) is 4.79 Å². The Balaban J connectivity index is 1.50. The Morgan fingerprint density at radius 3 is 2.20 bits per heavy atom. The Kier molecular flexibility index (Phi) is 8.72. The van der Waals surface area contributed by atoms with Gasteiger partial charge in [0, 0.05) is 37.4 Å². The number of carboxylic acids is 1. The molecule has 49 heavy (non-hydrogen) atoms. The summed E-state index contributed by atoms with van der Waals surface area (Å²) in [7, 11) is 0. The molecule has 1 heterocycles. The molecule has 0 radical (unpaired) electrons. The van der Waals surface area contributed by atoms with E-state index in [1.165, 1.54) is 11.6 Å². The summed E-state index contributed by atoms with van der Waals surface area (Å²) in [5.74, 6) is -1.12. The van der Waals surface area contributed by atoms with Crippen LogP contribution in [0.3, 0.4) is 0 Å². The second kappa shape index (κ2) is 13.4. The number of hydrogen-bond donors (Lipinski definition) is 2. The van der Waals surface area contributed by atoms with Gasteiger partial charge in [0.25, 0.3) is 5.56 Å². The summed E-state index contributed by atoms with van der Waals surface area (Å²) >= 11 is 1.12. The fourth-order valence-corrected chi connectivity index (χ4v) is 7.46. The number of carbonyl (C=O) groups is 3. The first-order valence-electron chi connectivity index (χ1n) is 16.1. The monoisotopic (exact) mass is 665 g/mol. The molecule has 0 fully saturated rings. The lowest BCUT2D eigenvalue weighted by Gasteiger charge is -2.25. The fraction of sp³-hybridized carbons (Fsp3) is 0.122. The van der Waals surface area contributed by atoms with Crippen molar-refractivity contribution in [3.63, 3.8) is 0 Å². The van der Waals surface area contributed by atoms with Gasteiger partial charge in [-0.15, -0.1) is 0 Å². The smallest absolute Gasteiger partial charge is 0.336 e.